The van der Waals surface area contributed by atoms with Crippen LogP contribution in [0.5, 0.6) is 0 Å². The van der Waals surface area contributed by atoms with Crippen molar-refractivity contribution < 1.29 is 14.0 Å². The van der Waals surface area contributed by atoms with Crippen molar-refractivity contribution in [3.05, 3.63) is 17.3 Å². The van der Waals surface area contributed by atoms with E-state index in [4.69, 9.17) is 4.42 Å². The van der Waals surface area contributed by atoms with E-state index in [1.54, 1.807) is 9.80 Å². The number of carbonyl (C=O) groups excluding carboxylic acids is 2. The molecule has 0 atom stereocenters. The van der Waals surface area contributed by atoms with E-state index in [0.717, 1.165) is 25.9 Å². The summed E-state index contributed by atoms with van der Waals surface area (Å²) in [5.74, 6) is 0.641. The number of urea groups is 1. The molecule has 2 aliphatic rings. The molecule has 0 bridgehead atoms. The fourth-order valence-corrected chi connectivity index (χ4v) is 2.67. The number of nitrogens with zero attached hydrogens (tertiary/aromatic N) is 3. The normalized spacial score (nSPS) is 17.5. The first kappa shape index (κ1) is 13.9. The van der Waals surface area contributed by atoms with Crippen LogP contribution in [0.15, 0.2) is 4.42 Å². The largest absolute Gasteiger partial charge is 0.435 e. The van der Waals surface area contributed by atoms with Crippen molar-refractivity contribution in [1.29, 1.82) is 0 Å². The van der Waals surface area contributed by atoms with Gasteiger partial charge in [-0.25, -0.2) is 9.78 Å². The number of amides is 3. The number of oxazole rings is 1. The molecule has 0 spiro atoms. The van der Waals surface area contributed by atoms with E-state index in [2.05, 4.69) is 10.3 Å². The van der Waals surface area contributed by atoms with Gasteiger partial charge in [-0.15, -0.1) is 0 Å². The molecular weight excluding hydrogens is 272 g/mol. The molecule has 7 heteroatoms. The van der Waals surface area contributed by atoms with Gasteiger partial charge in [0.2, 0.25) is 0 Å². The van der Waals surface area contributed by atoms with Gasteiger partial charge >= 0.3 is 11.9 Å². The Kier molecular flexibility index (Phi) is 3.57. The zero-order valence-electron chi connectivity index (χ0n) is 12.4. The highest BCUT2D eigenvalue weighted by atomic mass is 16.4. The summed E-state index contributed by atoms with van der Waals surface area (Å²) in [6, 6.07) is -0.0460. The van der Waals surface area contributed by atoms with Gasteiger partial charge in [0.25, 0.3) is 5.89 Å². The summed E-state index contributed by atoms with van der Waals surface area (Å²) >= 11 is 0. The molecule has 21 heavy (non-hydrogen) atoms. The fourth-order valence-electron chi connectivity index (χ4n) is 2.67. The molecule has 1 saturated heterocycles. The van der Waals surface area contributed by atoms with Crippen LogP contribution in [-0.2, 0) is 13.1 Å². The highest BCUT2D eigenvalue weighted by Gasteiger charge is 2.32. The molecule has 1 aromatic heterocycles. The van der Waals surface area contributed by atoms with E-state index >= 15 is 0 Å². The number of hydrogen-bond acceptors (Lipinski definition) is 4. The van der Waals surface area contributed by atoms with Gasteiger partial charge in [0.15, 0.2) is 0 Å². The second-order valence-electron chi connectivity index (χ2n) is 5.85. The maximum atomic E-state index is 12.2. The Morgan fingerprint density at radius 1 is 1.19 bits per heavy atom. The molecular formula is C14H20N4O3. The highest BCUT2D eigenvalue weighted by molar-refractivity contribution is 5.90. The van der Waals surface area contributed by atoms with Crippen molar-refractivity contribution in [2.45, 2.75) is 45.8 Å². The van der Waals surface area contributed by atoms with Crippen molar-refractivity contribution >= 4 is 11.9 Å². The van der Waals surface area contributed by atoms with E-state index < -0.39 is 0 Å². The molecule has 0 aliphatic carbocycles. The lowest BCUT2D eigenvalue weighted by molar-refractivity contribution is 0.0749. The van der Waals surface area contributed by atoms with Crippen LogP contribution in [0.3, 0.4) is 0 Å². The van der Waals surface area contributed by atoms with Crippen LogP contribution in [0.4, 0.5) is 4.79 Å². The Morgan fingerprint density at radius 2 is 1.90 bits per heavy atom. The van der Waals surface area contributed by atoms with Gasteiger partial charge in [-0.3, -0.25) is 4.79 Å². The van der Waals surface area contributed by atoms with E-state index in [1.807, 2.05) is 13.8 Å². The van der Waals surface area contributed by atoms with Crippen LogP contribution < -0.4 is 5.32 Å². The average Bonchev–Trinajstić information content (AvgIpc) is 3.12. The van der Waals surface area contributed by atoms with E-state index in [1.165, 1.54) is 0 Å². The van der Waals surface area contributed by atoms with Gasteiger partial charge < -0.3 is 19.5 Å². The van der Waals surface area contributed by atoms with E-state index in [0.29, 0.717) is 24.5 Å². The molecule has 1 N–H and O–H groups in total. The molecule has 0 radical (unpaired) electrons. The van der Waals surface area contributed by atoms with Crippen molar-refractivity contribution in [2.24, 2.45) is 0 Å². The zero-order chi connectivity index (χ0) is 15.0. The lowest BCUT2D eigenvalue weighted by atomic mass is 10.4. The summed E-state index contributed by atoms with van der Waals surface area (Å²) in [4.78, 5) is 31.8. The minimum atomic E-state index is -0.139. The number of fused-ring (bicyclic) bond motifs is 1. The summed E-state index contributed by atoms with van der Waals surface area (Å²) in [5.41, 5.74) is 0.691. The van der Waals surface area contributed by atoms with Crippen molar-refractivity contribution in [2.75, 3.05) is 13.1 Å². The van der Waals surface area contributed by atoms with Crippen molar-refractivity contribution in [1.82, 2.24) is 20.1 Å². The maximum absolute atomic E-state index is 12.2. The Morgan fingerprint density at radius 3 is 2.52 bits per heavy atom. The third-order valence-corrected chi connectivity index (χ3v) is 3.73. The second kappa shape index (κ2) is 5.38. The predicted molar refractivity (Wildman–Crippen MR) is 74.6 cm³/mol. The third kappa shape index (κ3) is 2.72. The van der Waals surface area contributed by atoms with Crippen LogP contribution in [0.25, 0.3) is 0 Å². The maximum Gasteiger partial charge on any atom is 0.318 e. The first-order chi connectivity index (χ1) is 10.0. The molecule has 114 valence electrons. The summed E-state index contributed by atoms with van der Waals surface area (Å²) in [6.07, 6.45) is 2.07. The Bertz CT molecular complexity index is 537. The van der Waals surface area contributed by atoms with Crippen molar-refractivity contribution in [3.8, 4) is 0 Å². The first-order valence-electron chi connectivity index (χ1n) is 7.38. The molecule has 1 fully saturated rings. The van der Waals surface area contributed by atoms with Gasteiger partial charge in [0.05, 0.1) is 13.1 Å². The van der Waals surface area contributed by atoms with E-state index in [-0.39, 0.29) is 23.9 Å². The second-order valence-corrected chi connectivity index (χ2v) is 5.85. The smallest absolute Gasteiger partial charge is 0.318 e. The summed E-state index contributed by atoms with van der Waals surface area (Å²) in [7, 11) is 0. The summed E-state index contributed by atoms with van der Waals surface area (Å²) in [6.45, 7) is 6.13. The highest BCUT2D eigenvalue weighted by Crippen LogP contribution is 2.24. The van der Waals surface area contributed by atoms with Crippen LogP contribution >= 0.6 is 0 Å². The molecule has 7 nitrogen and oxygen atoms in total. The third-order valence-electron chi connectivity index (χ3n) is 3.73. The van der Waals surface area contributed by atoms with Gasteiger partial charge in [0, 0.05) is 19.1 Å². The molecule has 0 saturated carbocycles. The minimum absolute atomic E-state index is 0.0877. The lowest BCUT2D eigenvalue weighted by Crippen LogP contribution is -2.40. The number of nitrogens with one attached hydrogen (secondary N) is 1. The van der Waals surface area contributed by atoms with Crippen LogP contribution in [0, 0.1) is 0 Å². The monoisotopic (exact) mass is 292 g/mol. The zero-order valence-corrected chi connectivity index (χ0v) is 12.4. The fraction of sp³-hybridized carbons (Fsp3) is 0.643. The van der Waals surface area contributed by atoms with Gasteiger partial charge in [0.1, 0.15) is 11.5 Å². The molecule has 0 unspecified atom stereocenters. The SMILES string of the molecule is CC(C)NC(=O)N1Cc2nc(C(=O)N3CCCC3)oc2C1. The number of likely N-dealkylation sites (tertiary alicyclic amines) is 1. The van der Waals surface area contributed by atoms with E-state index in [9.17, 15) is 9.59 Å². The topological polar surface area (TPSA) is 78.7 Å². The molecule has 0 aromatic carbocycles. The molecule has 1 aromatic rings. The Balaban J connectivity index is 1.66. The van der Waals surface area contributed by atoms with Crippen LogP contribution in [-0.4, -0.2) is 45.9 Å². The standard InChI is InChI=1S/C14H20N4O3/c1-9(2)15-14(20)18-7-10-11(8-18)21-12(16-10)13(19)17-5-3-4-6-17/h9H,3-8H2,1-2H3,(H,15,20). The molecule has 2 aliphatic heterocycles. The lowest BCUT2D eigenvalue weighted by Gasteiger charge is -2.18. The quantitative estimate of drug-likeness (QED) is 0.892. The summed E-state index contributed by atoms with van der Waals surface area (Å²) in [5, 5.41) is 2.83. The van der Waals surface area contributed by atoms with Gasteiger partial charge in [-0.05, 0) is 26.7 Å². The molecule has 3 heterocycles. The number of aromatic nitrogens is 1. The van der Waals surface area contributed by atoms with Gasteiger partial charge in [-0.2, -0.15) is 0 Å². The number of rotatable bonds is 2. The average molecular weight is 292 g/mol. The Hall–Kier alpha value is -2.05. The van der Waals surface area contributed by atoms with Crippen molar-refractivity contribution in [3.63, 3.8) is 0 Å². The molecule has 3 rings (SSSR count). The van der Waals surface area contributed by atoms with Crippen LogP contribution in [0.1, 0.15) is 48.8 Å². The number of hydrogen-bond donors (Lipinski definition) is 1. The summed E-state index contributed by atoms with van der Waals surface area (Å²) < 4.78 is 5.56. The minimum Gasteiger partial charge on any atom is -0.435 e. The number of carbonyl (C=O) groups is 2. The first-order valence-corrected chi connectivity index (χ1v) is 7.38. The van der Waals surface area contributed by atoms with Gasteiger partial charge in [-0.1, -0.05) is 0 Å². The van der Waals surface area contributed by atoms with Crippen LogP contribution in [0.2, 0.25) is 0 Å². The Labute approximate surface area is 123 Å². The predicted octanol–water partition coefficient (Wildman–Crippen LogP) is 1.34. The molecule has 3 amide bonds.